The molecule has 0 aliphatic rings. The van der Waals surface area contributed by atoms with Crippen LogP contribution in [-0.2, 0) is 0 Å². The minimum absolute atomic E-state index is 0.0518. The molecule has 0 fully saturated rings. The fraction of sp³-hybridized carbons (Fsp3) is 0.133. The van der Waals surface area contributed by atoms with E-state index in [1.807, 2.05) is 24.3 Å². The maximum Gasteiger partial charge on any atom is 0.153 e. The van der Waals surface area contributed by atoms with E-state index < -0.39 is 11.6 Å². The Morgan fingerprint density at radius 3 is 2.62 bits per heavy atom. The lowest BCUT2D eigenvalue weighted by molar-refractivity contribution is 0.311. The number of nitrogens with zero attached hydrogens (tertiary/aromatic N) is 1. The molecule has 0 atom stereocenters. The number of nitrogens with one attached hydrogen (secondary N) is 2. The summed E-state index contributed by atoms with van der Waals surface area (Å²) in [5.41, 5.74) is 2.07. The summed E-state index contributed by atoms with van der Waals surface area (Å²) < 4.78 is 26.8. The van der Waals surface area contributed by atoms with Crippen molar-refractivity contribution < 1.29 is 13.9 Å². The molecular formula is C15H13F2N3O. The third-order valence-electron chi connectivity index (χ3n) is 3.10. The number of benzene rings is 2. The molecule has 0 spiro atoms. The minimum atomic E-state index is -0.686. The molecule has 0 amide bonds. The van der Waals surface area contributed by atoms with E-state index in [1.165, 1.54) is 6.07 Å². The molecule has 0 saturated carbocycles. The topological polar surface area (TPSA) is 60.9 Å². The molecule has 6 heteroatoms. The maximum atomic E-state index is 13.6. The predicted molar refractivity (Wildman–Crippen MR) is 77.0 cm³/mol. The van der Waals surface area contributed by atoms with Gasteiger partial charge in [-0.2, -0.15) is 0 Å². The molecule has 0 radical (unpaired) electrons. The molecule has 3 rings (SSSR count). The Balaban J connectivity index is 1.95. The predicted octanol–water partition coefficient (Wildman–Crippen LogP) is 2.91. The Hall–Kier alpha value is -2.47. The summed E-state index contributed by atoms with van der Waals surface area (Å²) in [5.74, 6) is -0.851. The molecule has 3 N–H and O–H groups in total. The zero-order valence-electron chi connectivity index (χ0n) is 11.0. The van der Waals surface area contributed by atoms with Crippen LogP contribution in [0.2, 0.25) is 0 Å². The number of hydrogen-bond donors (Lipinski definition) is 3. The summed E-state index contributed by atoms with van der Waals surface area (Å²) in [5, 5.41) is 11.8. The second-order valence-electron chi connectivity index (χ2n) is 4.60. The molecule has 0 aliphatic heterocycles. The van der Waals surface area contributed by atoms with Crippen molar-refractivity contribution in [1.82, 2.24) is 9.97 Å². The average Bonchev–Trinajstić information content (AvgIpc) is 2.90. The molecule has 0 saturated heterocycles. The molecular weight excluding hydrogens is 276 g/mol. The smallest absolute Gasteiger partial charge is 0.153 e. The highest BCUT2D eigenvalue weighted by atomic mass is 19.1. The second kappa shape index (κ2) is 5.49. The Morgan fingerprint density at radius 2 is 1.90 bits per heavy atom. The molecule has 2 aromatic carbocycles. The minimum Gasteiger partial charge on any atom is -0.395 e. The molecule has 21 heavy (non-hydrogen) atoms. The zero-order chi connectivity index (χ0) is 14.8. The summed E-state index contributed by atoms with van der Waals surface area (Å²) in [6, 6.07) is 9.31. The first kappa shape index (κ1) is 13.5. The Morgan fingerprint density at radius 1 is 1.14 bits per heavy atom. The number of imidazole rings is 1. The monoisotopic (exact) mass is 289 g/mol. The highest BCUT2D eigenvalue weighted by Crippen LogP contribution is 2.24. The standard InChI is InChI=1S/C15H13F2N3O/c16-10-7-12(17)14-13(8-10)19-15(20-14)9-1-3-11(4-2-9)18-5-6-21/h1-4,7-8,18,21H,5-6H2,(H,19,20). The molecule has 0 bridgehead atoms. The summed E-state index contributed by atoms with van der Waals surface area (Å²) in [7, 11) is 0. The van der Waals surface area contributed by atoms with Crippen LogP contribution in [0.25, 0.3) is 22.4 Å². The average molecular weight is 289 g/mol. The Kier molecular flexibility index (Phi) is 3.53. The number of aliphatic hydroxyl groups is 1. The van der Waals surface area contributed by atoms with Crippen LogP contribution in [0.3, 0.4) is 0 Å². The fourth-order valence-electron chi connectivity index (χ4n) is 2.13. The van der Waals surface area contributed by atoms with Gasteiger partial charge in [-0.05, 0) is 30.3 Å². The van der Waals surface area contributed by atoms with Gasteiger partial charge in [0.25, 0.3) is 0 Å². The highest BCUT2D eigenvalue weighted by Gasteiger charge is 2.10. The van der Waals surface area contributed by atoms with Crippen LogP contribution in [-0.4, -0.2) is 28.2 Å². The van der Waals surface area contributed by atoms with Gasteiger partial charge >= 0.3 is 0 Å². The van der Waals surface area contributed by atoms with Gasteiger partial charge in [-0.1, -0.05) is 0 Å². The van der Waals surface area contributed by atoms with E-state index in [0.717, 1.165) is 17.3 Å². The van der Waals surface area contributed by atoms with Crippen LogP contribution in [0.1, 0.15) is 0 Å². The molecule has 4 nitrogen and oxygen atoms in total. The third-order valence-corrected chi connectivity index (χ3v) is 3.10. The highest BCUT2D eigenvalue weighted by molar-refractivity contribution is 5.80. The largest absolute Gasteiger partial charge is 0.395 e. The SMILES string of the molecule is OCCNc1ccc(-c2nc3c(F)cc(F)cc3[nH]2)cc1. The van der Waals surface area contributed by atoms with Crippen LogP contribution in [0.5, 0.6) is 0 Å². The number of aromatic amines is 1. The maximum absolute atomic E-state index is 13.6. The van der Waals surface area contributed by atoms with Crippen molar-refractivity contribution in [1.29, 1.82) is 0 Å². The first-order chi connectivity index (χ1) is 10.2. The van der Waals surface area contributed by atoms with Crippen molar-refractivity contribution in [2.24, 2.45) is 0 Å². The lowest BCUT2D eigenvalue weighted by Crippen LogP contribution is -2.04. The number of fused-ring (bicyclic) bond motifs is 1. The lowest BCUT2D eigenvalue weighted by Gasteiger charge is -2.04. The van der Waals surface area contributed by atoms with Crippen molar-refractivity contribution >= 4 is 16.7 Å². The van der Waals surface area contributed by atoms with Gasteiger partial charge in [0.15, 0.2) is 5.82 Å². The van der Waals surface area contributed by atoms with E-state index in [1.54, 1.807) is 0 Å². The number of hydrogen-bond acceptors (Lipinski definition) is 3. The molecule has 0 aliphatic carbocycles. The van der Waals surface area contributed by atoms with E-state index in [9.17, 15) is 8.78 Å². The van der Waals surface area contributed by atoms with Crippen molar-refractivity contribution in [3.05, 3.63) is 48.0 Å². The molecule has 1 aromatic heterocycles. The van der Waals surface area contributed by atoms with Gasteiger partial charge in [-0.3, -0.25) is 0 Å². The van der Waals surface area contributed by atoms with Crippen LogP contribution in [0, 0.1) is 11.6 Å². The van der Waals surface area contributed by atoms with Crippen LogP contribution in [0.15, 0.2) is 36.4 Å². The van der Waals surface area contributed by atoms with Gasteiger partial charge in [0.05, 0.1) is 12.1 Å². The van der Waals surface area contributed by atoms with Gasteiger partial charge in [0, 0.05) is 23.9 Å². The van der Waals surface area contributed by atoms with E-state index in [4.69, 9.17) is 5.11 Å². The van der Waals surface area contributed by atoms with Crippen LogP contribution >= 0.6 is 0 Å². The Labute approximate surface area is 119 Å². The molecule has 108 valence electrons. The molecule has 0 unspecified atom stereocenters. The van der Waals surface area contributed by atoms with Crippen molar-refractivity contribution in [3.8, 4) is 11.4 Å². The third kappa shape index (κ3) is 2.71. The van der Waals surface area contributed by atoms with E-state index >= 15 is 0 Å². The summed E-state index contributed by atoms with van der Waals surface area (Å²) in [4.78, 5) is 7.06. The number of halogens is 2. The van der Waals surface area contributed by atoms with Gasteiger partial charge in [-0.15, -0.1) is 0 Å². The summed E-state index contributed by atoms with van der Waals surface area (Å²) >= 11 is 0. The summed E-state index contributed by atoms with van der Waals surface area (Å²) in [6.45, 7) is 0.518. The number of rotatable bonds is 4. The van der Waals surface area contributed by atoms with Crippen molar-refractivity contribution in [3.63, 3.8) is 0 Å². The second-order valence-corrected chi connectivity index (χ2v) is 4.60. The van der Waals surface area contributed by atoms with E-state index in [0.29, 0.717) is 17.9 Å². The van der Waals surface area contributed by atoms with Crippen molar-refractivity contribution in [2.45, 2.75) is 0 Å². The number of anilines is 1. The van der Waals surface area contributed by atoms with Gasteiger partial charge in [-0.25, -0.2) is 13.8 Å². The normalized spacial score (nSPS) is 11.0. The number of aliphatic hydroxyl groups excluding tert-OH is 1. The fourth-order valence-corrected chi connectivity index (χ4v) is 2.13. The quantitative estimate of drug-likeness (QED) is 0.692. The lowest BCUT2D eigenvalue weighted by atomic mass is 10.2. The van der Waals surface area contributed by atoms with Gasteiger partial charge in [0.2, 0.25) is 0 Å². The number of H-pyrrole nitrogens is 1. The van der Waals surface area contributed by atoms with Gasteiger partial charge in [0.1, 0.15) is 17.2 Å². The van der Waals surface area contributed by atoms with E-state index in [2.05, 4.69) is 15.3 Å². The van der Waals surface area contributed by atoms with Crippen molar-refractivity contribution in [2.75, 3.05) is 18.5 Å². The molecule has 1 heterocycles. The van der Waals surface area contributed by atoms with E-state index in [-0.39, 0.29) is 12.1 Å². The molecule has 3 aromatic rings. The first-order valence-corrected chi connectivity index (χ1v) is 6.47. The number of aromatic nitrogens is 2. The first-order valence-electron chi connectivity index (χ1n) is 6.47. The van der Waals surface area contributed by atoms with Crippen LogP contribution in [0.4, 0.5) is 14.5 Å². The zero-order valence-corrected chi connectivity index (χ0v) is 11.0. The summed E-state index contributed by atoms with van der Waals surface area (Å²) in [6.07, 6.45) is 0. The van der Waals surface area contributed by atoms with Crippen LogP contribution < -0.4 is 5.32 Å². The van der Waals surface area contributed by atoms with Gasteiger partial charge < -0.3 is 15.4 Å². The Bertz CT molecular complexity index is 768.